The van der Waals surface area contributed by atoms with E-state index < -0.39 is 0 Å². The van der Waals surface area contributed by atoms with E-state index in [4.69, 9.17) is 4.74 Å². The number of carbonyl (C=O) groups is 1. The van der Waals surface area contributed by atoms with Gasteiger partial charge in [0.25, 0.3) is 0 Å². The molecule has 0 aliphatic heterocycles. The van der Waals surface area contributed by atoms with Crippen molar-refractivity contribution in [2.24, 2.45) is 5.10 Å². The minimum Gasteiger partial charge on any atom is -0.497 e. The molecule has 0 fully saturated rings. The average molecular weight is 347 g/mol. The van der Waals surface area contributed by atoms with Gasteiger partial charge in [0, 0.05) is 4.47 Å². The third kappa shape index (κ3) is 5.04. The van der Waals surface area contributed by atoms with Crippen LogP contribution in [0.4, 0.5) is 0 Å². The van der Waals surface area contributed by atoms with Crippen molar-refractivity contribution in [3.63, 3.8) is 0 Å². The first-order chi connectivity index (χ1) is 10.2. The average Bonchev–Trinajstić information content (AvgIpc) is 2.48. The molecule has 0 radical (unpaired) electrons. The highest BCUT2D eigenvalue weighted by atomic mass is 79.9. The van der Waals surface area contributed by atoms with Crippen molar-refractivity contribution in [1.82, 2.24) is 5.43 Å². The summed E-state index contributed by atoms with van der Waals surface area (Å²) in [5, 5.41) is 3.94. The summed E-state index contributed by atoms with van der Waals surface area (Å²) in [5.41, 5.74) is 4.33. The van der Waals surface area contributed by atoms with Crippen molar-refractivity contribution < 1.29 is 9.53 Å². The van der Waals surface area contributed by atoms with Crippen LogP contribution in [-0.2, 0) is 11.2 Å². The fourth-order valence-corrected chi connectivity index (χ4v) is 2.15. The number of hydrogen-bond donors (Lipinski definition) is 1. The van der Waals surface area contributed by atoms with Gasteiger partial charge in [0.2, 0.25) is 5.91 Å². The Labute approximate surface area is 132 Å². The van der Waals surface area contributed by atoms with Gasteiger partial charge in [-0.05, 0) is 35.4 Å². The number of hydrogen-bond acceptors (Lipinski definition) is 3. The van der Waals surface area contributed by atoms with Gasteiger partial charge in [-0.2, -0.15) is 5.10 Å². The van der Waals surface area contributed by atoms with Gasteiger partial charge in [-0.25, -0.2) is 5.43 Å². The van der Waals surface area contributed by atoms with E-state index in [-0.39, 0.29) is 12.3 Å². The van der Waals surface area contributed by atoms with Crippen LogP contribution in [0.25, 0.3) is 0 Å². The molecule has 0 bridgehead atoms. The normalized spacial score (nSPS) is 10.6. The molecule has 5 heteroatoms. The van der Waals surface area contributed by atoms with Crippen LogP contribution in [0.3, 0.4) is 0 Å². The quantitative estimate of drug-likeness (QED) is 0.667. The fraction of sp³-hybridized carbons (Fsp3) is 0.125. The SMILES string of the molecule is COc1ccc(CC(=O)N/N=C/c2cccc(Br)c2)cc1. The molecule has 0 aliphatic carbocycles. The number of amides is 1. The lowest BCUT2D eigenvalue weighted by molar-refractivity contribution is -0.120. The zero-order chi connectivity index (χ0) is 15.1. The molecule has 2 aromatic rings. The molecule has 4 nitrogen and oxygen atoms in total. The summed E-state index contributed by atoms with van der Waals surface area (Å²) in [5.74, 6) is 0.609. The standard InChI is InChI=1S/C16H15BrN2O2/c1-21-15-7-5-12(6-8-15)10-16(20)19-18-11-13-3-2-4-14(17)9-13/h2-9,11H,10H2,1H3,(H,19,20)/b18-11+. The van der Waals surface area contributed by atoms with Crippen LogP contribution in [0.5, 0.6) is 5.75 Å². The molecule has 0 aromatic heterocycles. The largest absolute Gasteiger partial charge is 0.497 e. The van der Waals surface area contributed by atoms with Gasteiger partial charge in [-0.3, -0.25) is 4.79 Å². The van der Waals surface area contributed by atoms with Gasteiger partial charge in [0.05, 0.1) is 19.7 Å². The number of ether oxygens (including phenoxy) is 1. The van der Waals surface area contributed by atoms with Crippen LogP contribution in [0.1, 0.15) is 11.1 Å². The molecule has 0 saturated carbocycles. The second kappa shape index (κ2) is 7.59. The first kappa shape index (κ1) is 15.3. The Kier molecular flexibility index (Phi) is 5.51. The minimum absolute atomic E-state index is 0.161. The summed E-state index contributed by atoms with van der Waals surface area (Å²) in [7, 11) is 1.61. The first-order valence-electron chi connectivity index (χ1n) is 6.38. The number of rotatable bonds is 5. The van der Waals surface area contributed by atoms with Crippen molar-refractivity contribution in [3.05, 3.63) is 64.1 Å². The molecule has 0 atom stereocenters. The number of methoxy groups -OCH3 is 1. The highest BCUT2D eigenvalue weighted by molar-refractivity contribution is 9.10. The van der Waals surface area contributed by atoms with Gasteiger partial charge in [0.1, 0.15) is 5.75 Å². The van der Waals surface area contributed by atoms with E-state index in [1.54, 1.807) is 13.3 Å². The highest BCUT2D eigenvalue weighted by Gasteiger charge is 2.02. The second-order valence-electron chi connectivity index (χ2n) is 4.37. The Balaban J connectivity index is 1.86. The minimum atomic E-state index is -0.161. The lowest BCUT2D eigenvalue weighted by Gasteiger charge is -2.02. The lowest BCUT2D eigenvalue weighted by Crippen LogP contribution is -2.19. The van der Waals surface area contributed by atoms with Gasteiger partial charge >= 0.3 is 0 Å². The maximum atomic E-state index is 11.8. The number of nitrogens with one attached hydrogen (secondary N) is 1. The van der Waals surface area contributed by atoms with E-state index >= 15 is 0 Å². The summed E-state index contributed by atoms with van der Waals surface area (Å²) < 4.78 is 6.04. The van der Waals surface area contributed by atoms with Crippen molar-refractivity contribution in [1.29, 1.82) is 0 Å². The Morgan fingerprint density at radius 2 is 2.05 bits per heavy atom. The van der Waals surface area contributed by atoms with Crippen molar-refractivity contribution in [2.75, 3.05) is 7.11 Å². The Bertz CT molecular complexity index is 639. The molecule has 0 saturated heterocycles. The molecular formula is C16H15BrN2O2. The molecule has 108 valence electrons. The van der Waals surface area contributed by atoms with Crippen molar-refractivity contribution in [3.8, 4) is 5.75 Å². The molecule has 2 aromatic carbocycles. The molecule has 21 heavy (non-hydrogen) atoms. The van der Waals surface area contributed by atoms with Crippen LogP contribution in [0.2, 0.25) is 0 Å². The molecule has 2 rings (SSSR count). The molecule has 0 unspecified atom stereocenters. The Morgan fingerprint density at radius 1 is 1.29 bits per heavy atom. The smallest absolute Gasteiger partial charge is 0.244 e. The van der Waals surface area contributed by atoms with Crippen LogP contribution in [-0.4, -0.2) is 19.2 Å². The summed E-state index contributed by atoms with van der Waals surface area (Å²) in [6.07, 6.45) is 1.89. The van der Waals surface area contributed by atoms with Crippen molar-refractivity contribution in [2.45, 2.75) is 6.42 Å². The summed E-state index contributed by atoms with van der Waals surface area (Å²) in [6.45, 7) is 0. The summed E-state index contributed by atoms with van der Waals surface area (Å²) in [6, 6.07) is 15.0. The van der Waals surface area contributed by atoms with Crippen molar-refractivity contribution >= 4 is 28.1 Å². The number of nitrogens with zero attached hydrogens (tertiary/aromatic N) is 1. The van der Waals surface area contributed by atoms with Crippen LogP contribution < -0.4 is 10.2 Å². The van der Waals surface area contributed by atoms with Gasteiger partial charge in [0.15, 0.2) is 0 Å². The monoisotopic (exact) mass is 346 g/mol. The van der Waals surface area contributed by atoms with E-state index in [2.05, 4.69) is 26.5 Å². The van der Waals surface area contributed by atoms with Gasteiger partial charge in [-0.15, -0.1) is 0 Å². The maximum absolute atomic E-state index is 11.8. The number of carbonyl (C=O) groups excluding carboxylic acids is 1. The first-order valence-corrected chi connectivity index (χ1v) is 7.17. The molecule has 1 amide bonds. The zero-order valence-corrected chi connectivity index (χ0v) is 13.1. The highest BCUT2D eigenvalue weighted by Crippen LogP contribution is 2.12. The number of benzene rings is 2. The van der Waals surface area contributed by atoms with E-state index in [0.717, 1.165) is 21.3 Å². The van der Waals surface area contributed by atoms with E-state index in [0.29, 0.717) is 0 Å². The molecule has 0 aliphatic rings. The lowest BCUT2D eigenvalue weighted by atomic mass is 10.1. The van der Waals surface area contributed by atoms with Crippen LogP contribution >= 0.6 is 15.9 Å². The van der Waals surface area contributed by atoms with Gasteiger partial charge in [-0.1, -0.05) is 40.2 Å². The van der Waals surface area contributed by atoms with E-state index in [1.165, 1.54) is 0 Å². The fourth-order valence-electron chi connectivity index (χ4n) is 1.73. The molecule has 0 heterocycles. The second-order valence-corrected chi connectivity index (χ2v) is 5.29. The molecule has 0 spiro atoms. The maximum Gasteiger partial charge on any atom is 0.244 e. The Morgan fingerprint density at radius 3 is 2.71 bits per heavy atom. The van der Waals surface area contributed by atoms with E-state index in [9.17, 15) is 4.79 Å². The topological polar surface area (TPSA) is 50.7 Å². The zero-order valence-electron chi connectivity index (χ0n) is 11.5. The number of hydrazone groups is 1. The molecular weight excluding hydrogens is 332 g/mol. The van der Waals surface area contributed by atoms with Crippen LogP contribution in [0, 0.1) is 0 Å². The van der Waals surface area contributed by atoms with E-state index in [1.807, 2.05) is 48.5 Å². The number of halogens is 1. The third-order valence-corrected chi connectivity index (χ3v) is 3.27. The van der Waals surface area contributed by atoms with Gasteiger partial charge < -0.3 is 4.74 Å². The summed E-state index contributed by atoms with van der Waals surface area (Å²) >= 11 is 3.38. The summed E-state index contributed by atoms with van der Waals surface area (Å²) in [4.78, 5) is 11.8. The Hall–Kier alpha value is -2.14. The third-order valence-electron chi connectivity index (χ3n) is 2.78. The van der Waals surface area contributed by atoms with Crippen LogP contribution in [0.15, 0.2) is 58.1 Å². The molecule has 1 N–H and O–H groups in total. The predicted molar refractivity (Wildman–Crippen MR) is 86.6 cm³/mol. The predicted octanol–water partition coefficient (Wildman–Crippen LogP) is 3.15.